The zero-order chi connectivity index (χ0) is 15.5. The Kier molecular flexibility index (Phi) is 3.74. The van der Waals surface area contributed by atoms with Crippen molar-refractivity contribution in [1.29, 1.82) is 0 Å². The zero-order valence-electron chi connectivity index (χ0n) is 12.1. The molecule has 4 heteroatoms. The lowest BCUT2D eigenvalue weighted by Gasteiger charge is -2.05. The van der Waals surface area contributed by atoms with E-state index in [0.29, 0.717) is 5.58 Å². The summed E-state index contributed by atoms with van der Waals surface area (Å²) in [5.74, 6) is -0.441. The molecule has 22 heavy (non-hydrogen) atoms. The molecule has 0 radical (unpaired) electrons. The van der Waals surface area contributed by atoms with Crippen LogP contribution in [0.5, 0.6) is 0 Å². The minimum absolute atomic E-state index is 0.0202. The minimum atomic E-state index is -0.623. The van der Waals surface area contributed by atoms with Crippen LogP contribution in [0.3, 0.4) is 0 Å². The van der Waals surface area contributed by atoms with E-state index in [-0.39, 0.29) is 5.56 Å². The van der Waals surface area contributed by atoms with Crippen molar-refractivity contribution >= 4 is 16.9 Å². The highest BCUT2D eigenvalue weighted by Gasteiger charge is 2.12. The van der Waals surface area contributed by atoms with Crippen molar-refractivity contribution in [2.75, 3.05) is 7.05 Å². The fourth-order valence-corrected chi connectivity index (χ4v) is 2.41. The third-order valence-electron chi connectivity index (χ3n) is 3.52. The molecule has 3 rings (SSSR count). The molecule has 3 aromatic rings. The lowest BCUT2D eigenvalue weighted by molar-refractivity contribution is 0.0959. The van der Waals surface area contributed by atoms with Crippen molar-refractivity contribution in [3.63, 3.8) is 0 Å². The van der Waals surface area contributed by atoms with Crippen LogP contribution in [0.4, 0.5) is 0 Å². The van der Waals surface area contributed by atoms with Crippen molar-refractivity contribution in [2.24, 2.45) is 0 Å². The van der Waals surface area contributed by atoms with Crippen molar-refractivity contribution < 1.29 is 9.21 Å². The molecule has 0 bridgehead atoms. The maximum Gasteiger partial charge on any atom is 0.349 e. The third kappa shape index (κ3) is 2.76. The molecule has 0 saturated carbocycles. The van der Waals surface area contributed by atoms with Crippen molar-refractivity contribution in [2.45, 2.75) is 6.42 Å². The second-order valence-corrected chi connectivity index (χ2v) is 5.06. The first-order valence-corrected chi connectivity index (χ1v) is 7.00. The van der Waals surface area contributed by atoms with Crippen molar-refractivity contribution in [3.05, 3.63) is 81.7 Å². The Morgan fingerprint density at radius 2 is 1.82 bits per heavy atom. The maximum absolute atomic E-state index is 11.8. The second kappa shape index (κ2) is 5.85. The Labute approximate surface area is 127 Å². The molecule has 0 spiro atoms. The first kappa shape index (κ1) is 14.1. The number of benzene rings is 2. The van der Waals surface area contributed by atoms with Gasteiger partial charge in [-0.05, 0) is 35.7 Å². The van der Waals surface area contributed by atoms with Gasteiger partial charge >= 0.3 is 5.63 Å². The Morgan fingerprint density at radius 1 is 1.05 bits per heavy atom. The smallest absolute Gasteiger partial charge is 0.349 e. The maximum atomic E-state index is 11.8. The molecule has 0 saturated heterocycles. The average molecular weight is 293 g/mol. The predicted octanol–water partition coefficient (Wildman–Crippen LogP) is 2.74. The molecule has 1 amide bonds. The molecule has 1 heterocycles. The lowest BCUT2D eigenvalue weighted by Crippen LogP contribution is -2.24. The SMILES string of the molecule is CNC(=O)c1cc2cc(Cc3ccccc3)ccc2oc1=O. The number of carbonyl (C=O) groups excluding carboxylic acids is 1. The van der Waals surface area contributed by atoms with Gasteiger partial charge in [0.05, 0.1) is 0 Å². The standard InChI is InChI=1S/C18H15NO3/c1-19-17(20)15-11-14-10-13(7-8-16(14)22-18(15)21)9-12-5-3-2-4-6-12/h2-8,10-11H,9H2,1H3,(H,19,20). The highest BCUT2D eigenvalue weighted by atomic mass is 16.4. The van der Waals surface area contributed by atoms with Gasteiger partial charge in [0.1, 0.15) is 11.1 Å². The highest BCUT2D eigenvalue weighted by molar-refractivity contribution is 5.96. The summed E-state index contributed by atoms with van der Waals surface area (Å²) in [6.45, 7) is 0. The van der Waals surface area contributed by atoms with E-state index < -0.39 is 11.5 Å². The number of amides is 1. The van der Waals surface area contributed by atoms with Crippen LogP contribution < -0.4 is 10.9 Å². The molecule has 1 aromatic heterocycles. The van der Waals surface area contributed by atoms with E-state index in [1.807, 2.05) is 30.3 Å². The molecule has 2 aromatic carbocycles. The zero-order valence-corrected chi connectivity index (χ0v) is 12.1. The van der Waals surface area contributed by atoms with E-state index in [9.17, 15) is 9.59 Å². The summed E-state index contributed by atoms with van der Waals surface area (Å²) >= 11 is 0. The van der Waals surface area contributed by atoms with E-state index in [4.69, 9.17) is 4.42 Å². The molecule has 4 nitrogen and oxygen atoms in total. The number of hydrogen-bond acceptors (Lipinski definition) is 3. The summed E-state index contributed by atoms with van der Waals surface area (Å²) in [6.07, 6.45) is 0.783. The number of fused-ring (bicyclic) bond motifs is 1. The quantitative estimate of drug-likeness (QED) is 0.755. The first-order valence-electron chi connectivity index (χ1n) is 7.00. The second-order valence-electron chi connectivity index (χ2n) is 5.06. The Bertz CT molecular complexity index is 882. The normalized spacial score (nSPS) is 10.6. The van der Waals surface area contributed by atoms with Crippen LogP contribution in [-0.2, 0) is 6.42 Å². The van der Waals surface area contributed by atoms with E-state index in [0.717, 1.165) is 17.4 Å². The summed E-state index contributed by atoms with van der Waals surface area (Å²) in [5.41, 5.74) is 2.17. The van der Waals surface area contributed by atoms with E-state index in [1.165, 1.54) is 12.6 Å². The van der Waals surface area contributed by atoms with Gasteiger partial charge in [-0.1, -0.05) is 36.4 Å². The van der Waals surface area contributed by atoms with Crippen LogP contribution in [0, 0.1) is 0 Å². The minimum Gasteiger partial charge on any atom is -0.422 e. The molecule has 0 unspecified atom stereocenters. The van der Waals surface area contributed by atoms with Crippen LogP contribution in [0.25, 0.3) is 11.0 Å². The molecule has 0 aliphatic rings. The highest BCUT2D eigenvalue weighted by Crippen LogP contribution is 2.18. The van der Waals surface area contributed by atoms with Crippen LogP contribution >= 0.6 is 0 Å². The molecule has 0 fully saturated rings. The van der Waals surface area contributed by atoms with Crippen LogP contribution in [0.2, 0.25) is 0 Å². The van der Waals surface area contributed by atoms with Gasteiger partial charge in [0.15, 0.2) is 0 Å². The van der Waals surface area contributed by atoms with Gasteiger partial charge in [-0.25, -0.2) is 4.79 Å². The van der Waals surface area contributed by atoms with Gasteiger partial charge in [0, 0.05) is 12.4 Å². The summed E-state index contributed by atoms with van der Waals surface area (Å²) in [5, 5.41) is 3.18. The van der Waals surface area contributed by atoms with Crippen LogP contribution in [-0.4, -0.2) is 13.0 Å². The average Bonchev–Trinajstić information content (AvgIpc) is 2.55. The molecule has 0 aliphatic carbocycles. The summed E-state index contributed by atoms with van der Waals surface area (Å²) < 4.78 is 5.20. The van der Waals surface area contributed by atoms with Crippen LogP contribution in [0.1, 0.15) is 21.5 Å². The Morgan fingerprint density at radius 3 is 2.55 bits per heavy atom. The van der Waals surface area contributed by atoms with Gasteiger partial charge in [0.25, 0.3) is 5.91 Å². The molecular formula is C18H15NO3. The lowest BCUT2D eigenvalue weighted by atomic mass is 10.0. The predicted molar refractivity (Wildman–Crippen MR) is 85.1 cm³/mol. The molecule has 1 N–H and O–H groups in total. The number of nitrogens with one attached hydrogen (secondary N) is 1. The summed E-state index contributed by atoms with van der Waals surface area (Å²) in [4.78, 5) is 23.5. The molecule has 110 valence electrons. The number of carbonyl (C=O) groups is 1. The third-order valence-corrected chi connectivity index (χ3v) is 3.52. The number of hydrogen-bond donors (Lipinski definition) is 1. The van der Waals surface area contributed by atoms with Gasteiger partial charge in [-0.2, -0.15) is 0 Å². The summed E-state index contributed by atoms with van der Waals surface area (Å²) in [6, 6.07) is 17.3. The van der Waals surface area contributed by atoms with E-state index >= 15 is 0 Å². The topological polar surface area (TPSA) is 59.3 Å². The largest absolute Gasteiger partial charge is 0.422 e. The van der Waals surface area contributed by atoms with E-state index in [2.05, 4.69) is 17.4 Å². The fraction of sp³-hybridized carbons (Fsp3) is 0.111. The van der Waals surface area contributed by atoms with Gasteiger partial charge < -0.3 is 9.73 Å². The molecule has 0 atom stereocenters. The fourth-order valence-electron chi connectivity index (χ4n) is 2.41. The van der Waals surface area contributed by atoms with Crippen molar-refractivity contribution in [3.8, 4) is 0 Å². The summed E-state index contributed by atoms with van der Waals surface area (Å²) in [7, 11) is 1.48. The van der Waals surface area contributed by atoms with Crippen molar-refractivity contribution in [1.82, 2.24) is 5.32 Å². The van der Waals surface area contributed by atoms with Crippen LogP contribution in [0.15, 0.2) is 63.8 Å². The Hall–Kier alpha value is -2.88. The van der Waals surface area contributed by atoms with E-state index in [1.54, 1.807) is 12.1 Å². The van der Waals surface area contributed by atoms with Gasteiger partial charge in [0.2, 0.25) is 0 Å². The first-order chi connectivity index (χ1) is 10.7. The monoisotopic (exact) mass is 293 g/mol. The molecule has 0 aliphatic heterocycles. The Balaban J connectivity index is 2.03. The van der Waals surface area contributed by atoms with Gasteiger partial charge in [-0.3, -0.25) is 4.79 Å². The number of rotatable bonds is 3. The van der Waals surface area contributed by atoms with Gasteiger partial charge in [-0.15, -0.1) is 0 Å². The molecular weight excluding hydrogens is 278 g/mol.